The number of nitrogens with one attached hydrogen (secondary N) is 1. The minimum Gasteiger partial charge on any atom is -0.497 e. The average Bonchev–Trinajstić information content (AvgIpc) is 3.60. The number of ether oxygens (including phenoxy) is 1. The van der Waals surface area contributed by atoms with Crippen molar-refractivity contribution in [1.82, 2.24) is 14.7 Å². The van der Waals surface area contributed by atoms with Gasteiger partial charge in [-0.25, -0.2) is 4.99 Å². The molecule has 3 rings (SSSR count). The van der Waals surface area contributed by atoms with Crippen LogP contribution in [0.4, 0.5) is 8.63 Å². The second kappa shape index (κ2) is 16.2. The maximum Gasteiger partial charge on any atom is 0.677 e. The topological polar surface area (TPSA) is 171 Å². The van der Waals surface area contributed by atoms with Gasteiger partial charge in [-0.1, -0.05) is 0 Å². The van der Waals surface area contributed by atoms with Crippen molar-refractivity contribution in [3.63, 3.8) is 0 Å². The van der Waals surface area contributed by atoms with Gasteiger partial charge in [0.2, 0.25) is 5.91 Å². The Hall–Kier alpha value is -4.79. The Morgan fingerprint density at radius 3 is 2.30 bits per heavy atom. The third kappa shape index (κ3) is 9.90. The number of aliphatic imine (C=N–C) groups is 1. The zero-order valence-corrected chi connectivity index (χ0v) is 24.0. The second-order valence-corrected chi connectivity index (χ2v) is 9.92. The molecule has 234 valence electrons. The predicted octanol–water partition coefficient (Wildman–Crippen LogP) is 2.81. The molecule has 4 N–H and O–H groups in total. The standard InChI is InChI=1S/C29H33BF2N4O8/c1-44-23-11-5-19(6-12-23)24-13-7-20(34-24)16-22-9-8-21(36(22)30(31)32)10-14-26(37)33-15-3-2-4-25(29(42)43)35(17-27(38)39)18-28(40)41/h5-9,11-13,16,25H,2-4,10,14-15,17-18H2,1H3,(H,33,37)(H,38,39)(H,40,41)(H,42,43)/b20-16-. The highest BCUT2D eigenvalue weighted by molar-refractivity contribution is 6.41. The molecule has 0 radical (unpaired) electrons. The molecule has 15 heteroatoms. The van der Waals surface area contributed by atoms with Gasteiger partial charge in [-0.05, 0) is 80.3 Å². The number of aliphatic carboxylic acids is 3. The summed E-state index contributed by atoms with van der Waals surface area (Å²) in [4.78, 5) is 51.4. The quantitative estimate of drug-likeness (QED) is 0.146. The summed E-state index contributed by atoms with van der Waals surface area (Å²) in [5, 5.41) is 30.0. The molecular weight excluding hydrogens is 581 g/mol. The van der Waals surface area contributed by atoms with Crippen LogP contribution in [0, 0.1) is 0 Å². The molecule has 1 unspecified atom stereocenters. The molecular formula is C29H33BF2N4O8. The van der Waals surface area contributed by atoms with Crippen LogP contribution in [0.3, 0.4) is 0 Å². The summed E-state index contributed by atoms with van der Waals surface area (Å²) in [6.45, 7) is -1.31. The average molecular weight is 614 g/mol. The largest absolute Gasteiger partial charge is 0.677 e. The van der Waals surface area contributed by atoms with Gasteiger partial charge in [0.15, 0.2) is 0 Å². The van der Waals surface area contributed by atoms with Gasteiger partial charge < -0.3 is 29.9 Å². The minimum atomic E-state index is -2.84. The molecule has 1 amide bonds. The molecule has 1 aromatic heterocycles. The number of halogens is 2. The van der Waals surface area contributed by atoms with E-state index >= 15 is 0 Å². The summed E-state index contributed by atoms with van der Waals surface area (Å²) in [6, 6.07) is 9.05. The maximum atomic E-state index is 14.0. The van der Waals surface area contributed by atoms with Crippen molar-refractivity contribution in [2.75, 3.05) is 26.7 Å². The Morgan fingerprint density at radius 2 is 1.70 bits per heavy atom. The van der Waals surface area contributed by atoms with Gasteiger partial charge in [-0.3, -0.25) is 32.7 Å². The lowest BCUT2D eigenvalue weighted by atomic mass is 10.1. The second-order valence-electron chi connectivity index (χ2n) is 9.92. The molecule has 2 heterocycles. The van der Waals surface area contributed by atoms with Gasteiger partial charge in [0.05, 0.1) is 31.6 Å². The van der Waals surface area contributed by atoms with Crippen molar-refractivity contribution in [3.8, 4) is 5.75 Å². The number of aryl methyl sites for hydroxylation is 1. The van der Waals surface area contributed by atoms with Crippen LogP contribution in [0.1, 0.15) is 42.6 Å². The molecule has 0 bridgehead atoms. The summed E-state index contributed by atoms with van der Waals surface area (Å²) < 4.78 is 34.0. The molecule has 2 aromatic rings. The SMILES string of the molecule is COc1ccc(C2=N/C(=C\c3ccc(CCC(=O)NCCCCC(C(=O)O)N(CC(=O)O)CC(=O)O)n3B(F)F)C=C2)cc1. The van der Waals surface area contributed by atoms with E-state index in [4.69, 9.17) is 14.9 Å². The van der Waals surface area contributed by atoms with E-state index < -0.39 is 44.4 Å². The molecule has 1 aliphatic rings. The van der Waals surface area contributed by atoms with Crippen LogP contribution in [-0.2, 0) is 25.6 Å². The van der Waals surface area contributed by atoms with E-state index in [2.05, 4.69) is 10.3 Å². The fourth-order valence-electron chi connectivity index (χ4n) is 4.71. The summed E-state index contributed by atoms with van der Waals surface area (Å²) in [6.07, 6.45) is 5.65. The zero-order valence-electron chi connectivity index (χ0n) is 24.0. The molecule has 0 saturated heterocycles. The van der Waals surface area contributed by atoms with Crippen molar-refractivity contribution >= 4 is 43.0 Å². The van der Waals surface area contributed by atoms with Gasteiger partial charge in [0.25, 0.3) is 0 Å². The van der Waals surface area contributed by atoms with Crippen LogP contribution in [0.15, 0.2) is 59.2 Å². The number of rotatable bonds is 18. The van der Waals surface area contributed by atoms with Crippen LogP contribution in [0.2, 0.25) is 0 Å². The van der Waals surface area contributed by atoms with Crippen LogP contribution in [0.25, 0.3) is 6.08 Å². The number of amides is 1. The fraction of sp³-hybridized carbons (Fsp3) is 0.345. The summed E-state index contributed by atoms with van der Waals surface area (Å²) in [5.41, 5.74) is 2.54. The Bertz CT molecular complexity index is 1420. The number of hydrogen-bond acceptors (Lipinski definition) is 7. The highest BCUT2D eigenvalue weighted by Gasteiger charge is 2.28. The van der Waals surface area contributed by atoms with E-state index in [1.54, 1.807) is 37.5 Å². The highest BCUT2D eigenvalue weighted by Crippen LogP contribution is 2.22. The Balaban J connectivity index is 1.51. The number of unbranched alkanes of at least 4 members (excludes halogenated alkanes) is 1. The first-order chi connectivity index (χ1) is 21.0. The van der Waals surface area contributed by atoms with Gasteiger partial charge in [-0.2, -0.15) is 0 Å². The number of carbonyl (C=O) groups is 4. The number of carbonyl (C=O) groups excluding carboxylic acids is 1. The van der Waals surface area contributed by atoms with Gasteiger partial charge in [0, 0.05) is 29.9 Å². The van der Waals surface area contributed by atoms with Gasteiger partial charge in [0.1, 0.15) is 11.8 Å². The van der Waals surface area contributed by atoms with Gasteiger partial charge in [-0.15, -0.1) is 0 Å². The lowest BCUT2D eigenvalue weighted by Gasteiger charge is -2.25. The molecule has 1 atom stereocenters. The fourth-order valence-corrected chi connectivity index (χ4v) is 4.71. The number of carboxylic acids is 3. The van der Waals surface area contributed by atoms with E-state index in [1.807, 2.05) is 12.1 Å². The van der Waals surface area contributed by atoms with E-state index in [-0.39, 0.29) is 49.5 Å². The number of hydrogen-bond donors (Lipinski definition) is 4. The van der Waals surface area contributed by atoms with E-state index in [0.717, 1.165) is 14.9 Å². The Kier molecular flexibility index (Phi) is 12.4. The maximum absolute atomic E-state index is 14.0. The van der Waals surface area contributed by atoms with Gasteiger partial charge >= 0.3 is 25.3 Å². The summed E-state index contributed by atoms with van der Waals surface area (Å²) in [7, 11) is -1.27. The number of carboxylic acid groups (broad SMARTS) is 3. The first-order valence-electron chi connectivity index (χ1n) is 13.8. The number of aromatic nitrogens is 1. The summed E-state index contributed by atoms with van der Waals surface area (Å²) in [5.74, 6) is -3.73. The first kappa shape index (κ1) is 33.7. The Labute approximate surface area is 252 Å². The Morgan fingerprint density at radius 1 is 1.02 bits per heavy atom. The number of allylic oxidation sites excluding steroid dienone is 2. The van der Waals surface area contributed by atoms with Crippen molar-refractivity contribution in [2.45, 2.75) is 38.1 Å². The van der Waals surface area contributed by atoms with E-state index in [9.17, 15) is 32.9 Å². The number of nitrogens with zero attached hydrogens (tertiary/aromatic N) is 3. The van der Waals surface area contributed by atoms with Crippen molar-refractivity contribution in [3.05, 3.63) is 71.2 Å². The lowest BCUT2D eigenvalue weighted by molar-refractivity contribution is -0.149. The zero-order chi connectivity index (χ0) is 32.2. The molecule has 12 nitrogen and oxygen atoms in total. The predicted molar refractivity (Wildman–Crippen MR) is 158 cm³/mol. The molecule has 0 saturated carbocycles. The van der Waals surface area contributed by atoms with Crippen LogP contribution in [-0.4, -0.2) is 94.4 Å². The van der Waals surface area contributed by atoms with Crippen LogP contribution < -0.4 is 10.1 Å². The highest BCUT2D eigenvalue weighted by atomic mass is 19.2. The number of methoxy groups -OCH3 is 1. The van der Waals surface area contributed by atoms with Crippen LogP contribution >= 0.6 is 0 Å². The lowest BCUT2D eigenvalue weighted by Crippen LogP contribution is -2.46. The minimum absolute atomic E-state index is 0.0211. The van der Waals surface area contributed by atoms with E-state index in [1.165, 1.54) is 12.1 Å². The monoisotopic (exact) mass is 614 g/mol. The molecule has 1 aromatic carbocycles. The summed E-state index contributed by atoms with van der Waals surface area (Å²) >= 11 is 0. The van der Waals surface area contributed by atoms with Crippen molar-refractivity contribution in [2.24, 2.45) is 4.99 Å². The molecule has 1 aliphatic heterocycles. The normalized spacial score (nSPS) is 14.0. The molecule has 0 fully saturated rings. The van der Waals surface area contributed by atoms with Crippen LogP contribution in [0.5, 0.6) is 5.75 Å². The molecule has 0 spiro atoms. The third-order valence-electron chi connectivity index (χ3n) is 6.81. The molecule has 44 heavy (non-hydrogen) atoms. The number of benzene rings is 1. The van der Waals surface area contributed by atoms with Crippen molar-refractivity contribution in [1.29, 1.82) is 0 Å². The smallest absolute Gasteiger partial charge is 0.497 e. The van der Waals surface area contributed by atoms with E-state index in [0.29, 0.717) is 23.6 Å². The third-order valence-corrected chi connectivity index (χ3v) is 6.81. The molecule has 0 aliphatic carbocycles. The van der Waals surface area contributed by atoms with Crippen molar-refractivity contribution < 1.29 is 47.9 Å². The first-order valence-corrected chi connectivity index (χ1v) is 13.8.